The standard InChI is InChI=1S/C21H27N3O4/c25-20(23-27)9-7-15-6-8-19-17(12-15)18(22-26)13-21(28-19)10-3-11-24(14-21)16-4-1-2-5-16/h6-9,12,16,26-27H,1-5,10-11,13-14H2,(H,23,25)/b9-7+,22-18?. The van der Waals surface area contributed by atoms with Crippen LogP contribution in [0.5, 0.6) is 5.75 Å². The van der Waals surface area contributed by atoms with Crippen molar-refractivity contribution in [3.8, 4) is 5.75 Å². The Morgan fingerprint density at radius 2 is 2.14 bits per heavy atom. The smallest absolute Gasteiger partial charge is 0.267 e. The van der Waals surface area contributed by atoms with Gasteiger partial charge in [0, 0.05) is 30.6 Å². The molecule has 2 aliphatic heterocycles. The first-order valence-electron chi connectivity index (χ1n) is 10.0. The Hall–Kier alpha value is -2.38. The van der Waals surface area contributed by atoms with Crippen molar-refractivity contribution in [2.45, 2.75) is 56.6 Å². The number of hydrogen-bond acceptors (Lipinski definition) is 6. The predicted molar refractivity (Wildman–Crippen MR) is 105 cm³/mol. The Morgan fingerprint density at radius 3 is 2.89 bits per heavy atom. The van der Waals surface area contributed by atoms with Crippen LogP contribution in [0.25, 0.3) is 6.08 Å². The van der Waals surface area contributed by atoms with Gasteiger partial charge in [-0.1, -0.05) is 24.1 Å². The summed E-state index contributed by atoms with van der Waals surface area (Å²) in [5.74, 6) is 0.120. The molecule has 7 heteroatoms. The van der Waals surface area contributed by atoms with Gasteiger partial charge >= 0.3 is 0 Å². The second-order valence-corrected chi connectivity index (χ2v) is 8.09. The second-order valence-electron chi connectivity index (χ2n) is 8.09. The molecule has 1 spiro atoms. The number of nitrogens with one attached hydrogen (secondary N) is 1. The number of benzene rings is 1. The van der Waals surface area contributed by atoms with E-state index in [1.807, 2.05) is 18.2 Å². The van der Waals surface area contributed by atoms with E-state index in [2.05, 4.69) is 10.1 Å². The first-order chi connectivity index (χ1) is 13.6. The summed E-state index contributed by atoms with van der Waals surface area (Å²) in [6, 6.07) is 6.22. The Bertz CT molecular complexity index is 801. The van der Waals surface area contributed by atoms with Gasteiger partial charge in [0.25, 0.3) is 5.91 Å². The monoisotopic (exact) mass is 385 g/mol. The summed E-state index contributed by atoms with van der Waals surface area (Å²) in [4.78, 5) is 13.8. The maximum atomic E-state index is 11.2. The number of oxime groups is 1. The molecule has 28 heavy (non-hydrogen) atoms. The molecule has 1 saturated carbocycles. The molecule has 1 amide bonds. The van der Waals surface area contributed by atoms with Crippen molar-refractivity contribution >= 4 is 17.7 Å². The second kappa shape index (κ2) is 7.93. The normalized spacial score (nSPS) is 27.2. The van der Waals surface area contributed by atoms with E-state index in [1.54, 1.807) is 11.6 Å². The van der Waals surface area contributed by atoms with Crippen LogP contribution in [0.3, 0.4) is 0 Å². The van der Waals surface area contributed by atoms with Crippen molar-refractivity contribution in [3.63, 3.8) is 0 Å². The van der Waals surface area contributed by atoms with E-state index in [4.69, 9.17) is 9.94 Å². The lowest BCUT2D eigenvalue weighted by atomic mass is 9.82. The molecule has 1 aromatic rings. The fraction of sp³-hybridized carbons (Fsp3) is 0.524. The van der Waals surface area contributed by atoms with E-state index >= 15 is 0 Å². The molecule has 3 aliphatic rings. The molecule has 0 bridgehead atoms. The molecule has 3 N–H and O–H groups in total. The summed E-state index contributed by atoms with van der Waals surface area (Å²) in [6.07, 6.45) is 10.6. The highest BCUT2D eigenvalue weighted by molar-refractivity contribution is 6.04. The molecular formula is C21H27N3O4. The van der Waals surface area contributed by atoms with Crippen molar-refractivity contribution in [3.05, 3.63) is 35.4 Å². The lowest BCUT2D eigenvalue weighted by molar-refractivity contribution is -0.124. The van der Waals surface area contributed by atoms with Crippen molar-refractivity contribution in [2.75, 3.05) is 13.1 Å². The predicted octanol–water partition coefficient (Wildman–Crippen LogP) is 2.94. The quantitative estimate of drug-likeness (QED) is 0.322. The van der Waals surface area contributed by atoms with Gasteiger partial charge < -0.3 is 9.94 Å². The van der Waals surface area contributed by atoms with Gasteiger partial charge in [0.15, 0.2) is 0 Å². The van der Waals surface area contributed by atoms with Crippen LogP contribution in [0, 0.1) is 0 Å². The minimum atomic E-state index is -0.599. The number of carbonyl (C=O) groups is 1. The van der Waals surface area contributed by atoms with Crippen LogP contribution in [0.15, 0.2) is 29.4 Å². The summed E-state index contributed by atoms with van der Waals surface area (Å²) < 4.78 is 6.51. The third-order valence-corrected chi connectivity index (χ3v) is 6.20. The van der Waals surface area contributed by atoms with Crippen LogP contribution in [0.2, 0.25) is 0 Å². The molecule has 2 heterocycles. The van der Waals surface area contributed by atoms with Gasteiger partial charge in [0.05, 0.1) is 5.71 Å². The molecule has 1 unspecified atom stereocenters. The van der Waals surface area contributed by atoms with Crippen molar-refractivity contribution < 1.29 is 19.9 Å². The largest absolute Gasteiger partial charge is 0.485 e. The number of hydroxylamine groups is 1. The molecule has 4 rings (SSSR count). The number of ether oxygens (including phenoxy) is 1. The lowest BCUT2D eigenvalue weighted by Crippen LogP contribution is -2.56. The molecule has 1 aliphatic carbocycles. The van der Waals surface area contributed by atoms with Crippen LogP contribution < -0.4 is 10.2 Å². The molecule has 2 fully saturated rings. The number of carbonyl (C=O) groups excluding carboxylic acids is 1. The summed E-state index contributed by atoms with van der Waals surface area (Å²) in [5.41, 5.74) is 3.35. The molecule has 1 saturated heterocycles. The van der Waals surface area contributed by atoms with E-state index in [0.717, 1.165) is 42.8 Å². The highest BCUT2D eigenvalue weighted by Gasteiger charge is 2.44. The highest BCUT2D eigenvalue weighted by atomic mass is 16.5. The lowest BCUT2D eigenvalue weighted by Gasteiger charge is -2.47. The average Bonchev–Trinajstić information content (AvgIpc) is 3.26. The van der Waals surface area contributed by atoms with Crippen molar-refractivity contribution in [1.82, 2.24) is 10.4 Å². The number of fused-ring (bicyclic) bond motifs is 1. The van der Waals surface area contributed by atoms with Crippen LogP contribution >= 0.6 is 0 Å². The molecule has 150 valence electrons. The summed E-state index contributed by atoms with van der Waals surface area (Å²) >= 11 is 0. The van der Waals surface area contributed by atoms with Crippen LogP contribution in [-0.4, -0.2) is 51.7 Å². The molecule has 0 radical (unpaired) electrons. The zero-order valence-corrected chi connectivity index (χ0v) is 15.9. The Labute approximate surface area is 164 Å². The van der Waals surface area contributed by atoms with E-state index in [-0.39, 0.29) is 5.60 Å². The van der Waals surface area contributed by atoms with E-state index < -0.39 is 5.91 Å². The first kappa shape index (κ1) is 19.0. The Morgan fingerprint density at radius 1 is 1.32 bits per heavy atom. The third kappa shape index (κ3) is 3.77. The van der Waals surface area contributed by atoms with Gasteiger partial charge in [-0.2, -0.15) is 0 Å². The number of hydrogen-bond donors (Lipinski definition) is 3. The van der Waals surface area contributed by atoms with Crippen LogP contribution in [-0.2, 0) is 4.79 Å². The molecule has 1 aromatic carbocycles. The molecular weight excluding hydrogens is 358 g/mol. The number of amides is 1. The topological polar surface area (TPSA) is 94.4 Å². The maximum Gasteiger partial charge on any atom is 0.267 e. The van der Waals surface area contributed by atoms with Gasteiger partial charge in [-0.05, 0) is 56.0 Å². The third-order valence-electron chi connectivity index (χ3n) is 6.20. The highest BCUT2D eigenvalue weighted by Crippen LogP contribution is 2.40. The summed E-state index contributed by atoms with van der Waals surface area (Å²) in [7, 11) is 0. The molecule has 0 aromatic heterocycles. The van der Waals surface area contributed by atoms with Crippen LogP contribution in [0.4, 0.5) is 0 Å². The average molecular weight is 385 g/mol. The minimum Gasteiger partial charge on any atom is -0.485 e. The van der Waals surface area contributed by atoms with Crippen LogP contribution in [0.1, 0.15) is 56.1 Å². The fourth-order valence-corrected chi connectivity index (χ4v) is 4.88. The first-order valence-corrected chi connectivity index (χ1v) is 10.0. The van der Waals surface area contributed by atoms with Gasteiger partial charge in [0.1, 0.15) is 11.4 Å². The fourth-order valence-electron chi connectivity index (χ4n) is 4.88. The number of piperidine rings is 1. The zero-order chi connectivity index (χ0) is 19.6. The van der Waals surface area contributed by atoms with E-state index in [9.17, 15) is 10.0 Å². The maximum absolute atomic E-state index is 11.2. The summed E-state index contributed by atoms with van der Waals surface area (Å²) in [6.45, 7) is 1.99. The van der Waals surface area contributed by atoms with Gasteiger partial charge in [-0.3, -0.25) is 14.9 Å². The van der Waals surface area contributed by atoms with Gasteiger partial charge in [-0.25, -0.2) is 5.48 Å². The molecule has 7 nitrogen and oxygen atoms in total. The summed E-state index contributed by atoms with van der Waals surface area (Å²) in [5, 5.41) is 21.9. The van der Waals surface area contributed by atoms with Gasteiger partial charge in [-0.15, -0.1) is 0 Å². The van der Waals surface area contributed by atoms with E-state index in [0.29, 0.717) is 18.2 Å². The SMILES string of the molecule is O=C(/C=C/c1ccc2c(c1)C(=NO)CC1(CCCN(C3CCCC3)C1)O2)NO. The van der Waals surface area contributed by atoms with Gasteiger partial charge in [0.2, 0.25) is 0 Å². The van der Waals surface area contributed by atoms with Crippen molar-refractivity contribution in [2.24, 2.45) is 5.16 Å². The molecule has 1 atom stereocenters. The van der Waals surface area contributed by atoms with Crippen molar-refractivity contribution in [1.29, 1.82) is 0 Å². The number of rotatable bonds is 3. The number of nitrogens with zero attached hydrogens (tertiary/aromatic N) is 2. The number of likely N-dealkylation sites (tertiary alicyclic amines) is 1. The van der Waals surface area contributed by atoms with E-state index in [1.165, 1.54) is 31.8 Å². The zero-order valence-electron chi connectivity index (χ0n) is 15.9. The minimum absolute atomic E-state index is 0.344. The Kier molecular flexibility index (Phi) is 5.37. The Balaban J connectivity index is 1.57.